The first-order chi connectivity index (χ1) is 9.63. The summed E-state index contributed by atoms with van der Waals surface area (Å²) in [5.74, 6) is 2.02. The molecule has 5 nitrogen and oxygen atoms in total. The zero-order valence-corrected chi connectivity index (χ0v) is 13.2. The van der Waals surface area contributed by atoms with Gasteiger partial charge < -0.3 is 11.1 Å². The molecule has 0 spiro atoms. The van der Waals surface area contributed by atoms with Crippen LogP contribution in [0.5, 0.6) is 0 Å². The van der Waals surface area contributed by atoms with Gasteiger partial charge in [-0.1, -0.05) is 6.92 Å². The summed E-state index contributed by atoms with van der Waals surface area (Å²) in [5.41, 5.74) is 6.51. The number of nitrogen functional groups attached to an aromatic ring is 1. The van der Waals surface area contributed by atoms with Crippen LogP contribution in [-0.4, -0.2) is 33.7 Å². The minimum atomic E-state index is -0.125. The van der Waals surface area contributed by atoms with E-state index in [1.807, 2.05) is 18.7 Å². The fraction of sp³-hybridized carbons (Fsp3) is 0.462. The van der Waals surface area contributed by atoms with E-state index in [4.69, 9.17) is 5.73 Å². The highest BCUT2D eigenvalue weighted by Crippen LogP contribution is 2.31. The van der Waals surface area contributed by atoms with Crippen molar-refractivity contribution in [2.24, 2.45) is 0 Å². The van der Waals surface area contributed by atoms with Crippen LogP contribution in [-0.2, 0) is 0 Å². The number of carbonyl (C=O) groups is 1. The number of nitrogens with zero attached hydrogens (tertiary/aromatic N) is 2. The van der Waals surface area contributed by atoms with Gasteiger partial charge in [-0.05, 0) is 30.9 Å². The van der Waals surface area contributed by atoms with Gasteiger partial charge in [-0.3, -0.25) is 4.79 Å². The second-order valence-electron chi connectivity index (χ2n) is 4.46. The van der Waals surface area contributed by atoms with Gasteiger partial charge in [0.15, 0.2) is 0 Å². The highest BCUT2D eigenvalue weighted by Gasteiger charge is 2.18. The maximum absolute atomic E-state index is 12.2. The Hall–Kier alpha value is -1.34. The van der Waals surface area contributed by atoms with Crippen LogP contribution in [0.25, 0.3) is 10.2 Å². The maximum Gasteiger partial charge on any atom is 0.263 e. The standard InChI is InChI=1S/C13H18N4OS2/c1-3-19-7-5-8(2)16-12(18)11-10(14)9-4-6-15-17-13(9)20-11/h4,6,8H,3,5,7,14H2,1-2H3,(H,16,18). The number of aromatic nitrogens is 2. The van der Waals surface area contributed by atoms with Crippen LogP contribution in [0, 0.1) is 0 Å². The van der Waals surface area contributed by atoms with E-state index < -0.39 is 0 Å². The van der Waals surface area contributed by atoms with Gasteiger partial charge in [0.25, 0.3) is 5.91 Å². The van der Waals surface area contributed by atoms with E-state index in [0.717, 1.165) is 23.3 Å². The average Bonchev–Trinajstić information content (AvgIpc) is 2.77. The number of hydrogen-bond acceptors (Lipinski definition) is 6. The lowest BCUT2D eigenvalue weighted by molar-refractivity contribution is 0.0944. The van der Waals surface area contributed by atoms with Gasteiger partial charge in [0.2, 0.25) is 0 Å². The van der Waals surface area contributed by atoms with Crippen molar-refractivity contribution in [3.8, 4) is 0 Å². The van der Waals surface area contributed by atoms with Crippen molar-refractivity contribution in [1.82, 2.24) is 15.5 Å². The van der Waals surface area contributed by atoms with Crippen LogP contribution >= 0.6 is 23.1 Å². The Kier molecular flexibility index (Phi) is 5.19. The van der Waals surface area contributed by atoms with E-state index in [1.165, 1.54) is 11.3 Å². The molecule has 2 heterocycles. The third-order valence-electron chi connectivity index (χ3n) is 2.90. The number of hydrogen-bond donors (Lipinski definition) is 2. The van der Waals surface area contributed by atoms with E-state index in [-0.39, 0.29) is 11.9 Å². The first-order valence-electron chi connectivity index (χ1n) is 6.51. The molecule has 1 amide bonds. The average molecular weight is 310 g/mol. The van der Waals surface area contributed by atoms with Crippen molar-refractivity contribution in [3.05, 3.63) is 17.1 Å². The molecule has 0 fully saturated rings. The molecule has 2 aromatic heterocycles. The van der Waals surface area contributed by atoms with Crippen molar-refractivity contribution in [1.29, 1.82) is 0 Å². The highest BCUT2D eigenvalue weighted by atomic mass is 32.2. The van der Waals surface area contributed by atoms with E-state index in [1.54, 1.807) is 12.3 Å². The maximum atomic E-state index is 12.2. The van der Waals surface area contributed by atoms with Crippen molar-refractivity contribution in [3.63, 3.8) is 0 Å². The summed E-state index contributed by atoms with van der Waals surface area (Å²) >= 11 is 3.16. The Morgan fingerprint density at radius 3 is 3.10 bits per heavy atom. The zero-order valence-electron chi connectivity index (χ0n) is 11.5. The van der Waals surface area contributed by atoms with Crippen molar-refractivity contribution < 1.29 is 4.79 Å². The molecule has 0 aliphatic heterocycles. The second-order valence-corrected chi connectivity index (χ2v) is 6.85. The minimum Gasteiger partial charge on any atom is -0.397 e. The molecule has 0 saturated heterocycles. The van der Waals surface area contributed by atoms with Crippen LogP contribution in [0.15, 0.2) is 12.3 Å². The van der Waals surface area contributed by atoms with E-state index in [9.17, 15) is 4.79 Å². The van der Waals surface area contributed by atoms with Gasteiger partial charge >= 0.3 is 0 Å². The number of nitrogens with two attached hydrogens (primary N) is 1. The minimum absolute atomic E-state index is 0.125. The number of anilines is 1. The molecular weight excluding hydrogens is 292 g/mol. The fourth-order valence-corrected chi connectivity index (χ4v) is 3.56. The number of thiophene rings is 1. The van der Waals surface area contributed by atoms with Gasteiger partial charge in [-0.25, -0.2) is 0 Å². The number of fused-ring (bicyclic) bond motifs is 1. The topological polar surface area (TPSA) is 80.9 Å². The lowest BCUT2D eigenvalue weighted by atomic mass is 10.2. The molecule has 0 saturated carbocycles. The summed E-state index contributed by atoms with van der Waals surface area (Å²) in [7, 11) is 0. The monoisotopic (exact) mass is 310 g/mol. The summed E-state index contributed by atoms with van der Waals surface area (Å²) in [6.45, 7) is 4.14. The SMILES string of the molecule is CCSCCC(C)NC(=O)c1sc2nnccc2c1N. The number of rotatable bonds is 6. The Morgan fingerprint density at radius 1 is 1.60 bits per heavy atom. The van der Waals surface area contributed by atoms with Crippen LogP contribution in [0.3, 0.4) is 0 Å². The predicted molar refractivity (Wildman–Crippen MR) is 86.4 cm³/mol. The molecule has 1 atom stereocenters. The first kappa shape index (κ1) is 15.1. The molecule has 0 bridgehead atoms. The normalized spacial score (nSPS) is 12.5. The van der Waals surface area contributed by atoms with Gasteiger partial charge in [-0.2, -0.15) is 16.9 Å². The van der Waals surface area contributed by atoms with Crippen molar-refractivity contribution >= 4 is 44.9 Å². The van der Waals surface area contributed by atoms with Crippen LogP contribution in [0.4, 0.5) is 5.69 Å². The molecule has 0 aliphatic rings. The molecule has 0 aliphatic carbocycles. The van der Waals surface area contributed by atoms with Crippen LogP contribution < -0.4 is 11.1 Å². The van der Waals surface area contributed by atoms with E-state index in [2.05, 4.69) is 22.4 Å². The molecule has 1 unspecified atom stereocenters. The zero-order chi connectivity index (χ0) is 14.5. The van der Waals surface area contributed by atoms with E-state index >= 15 is 0 Å². The summed E-state index contributed by atoms with van der Waals surface area (Å²) in [6, 6.07) is 1.92. The quantitative estimate of drug-likeness (QED) is 0.801. The highest BCUT2D eigenvalue weighted by molar-refractivity contribution is 7.99. The van der Waals surface area contributed by atoms with Crippen molar-refractivity contribution in [2.75, 3.05) is 17.2 Å². The molecule has 3 N–H and O–H groups in total. The lowest BCUT2D eigenvalue weighted by Gasteiger charge is -2.12. The van der Waals surface area contributed by atoms with Gasteiger partial charge in [-0.15, -0.1) is 16.4 Å². The molecule has 0 aromatic carbocycles. The Balaban J connectivity index is 2.06. The third-order valence-corrected chi connectivity index (χ3v) is 4.94. The molecule has 2 aromatic rings. The summed E-state index contributed by atoms with van der Waals surface area (Å²) in [5, 5.41) is 11.6. The van der Waals surface area contributed by atoms with Crippen LogP contribution in [0.2, 0.25) is 0 Å². The van der Waals surface area contributed by atoms with Crippen LogP contribution in [0.1, 0.15) is 29.9 Å². The molecule has 0 radical (unpaired) electrons. The van der Waals surface area contributed by atoms with Gasteiger partial charge in [0, 0.05) is 11.4 Å². The Labute approximate surface area is 126 Å². The number of amides is 1. The lowest BCUT2D eigenvalue weighted by Crippen LogP contribution is -2.32. The largest absolute Gasteiger partial charge is 0.397 e. The summed E-state index contributed by atoms with van der Waals surface area (Å²) < 4.78 is 0. The van der Waals surface area contributed by atoms with E-state index in [0.29, 0.717) is 15.4 Å². The van der Waals surface area contributed by atoms with Crippen molar-refractivity contribution in [2.45, 2.75) is 26.3 Å². The third kappa shape index (κ3) is 3.40. The molecule has 2 rings (SSSR count). The molecule has 20 heavy (non-hydrogen) atoms. The molecule has 7 heteroatoms. The summed E-state index contributed by atoms with van der Waals surface area (Å²) in [4.78, 5) is 13.5. The number of thioether (sulfide) groups is 1. The number of carbonyl (C=O) groups excluding carboxylic acids is 1. The fourth-order valence-electron chi connectivity index (χ4n) is 1.81. The second kappa shape index (κ2) is 6.90. The molecular formula is C13H18N4OS2. The predicted octanol–water partition coefficient (Wildman–Crippen LogP) is 2.53. The summed E-state index contributed by atoms with van der Waals surface area (Å²) in [6.07, 6.45) is 2.53. The molecule has 108 valence electrons. The Morgan fingerprint density at radius 2 is 2.40 bits per heavy atom. The van der Waals surface area contributed by atoms with Gasteiger partial charge in [0.05, 0.1) is 11.9 Å². The van der Waals surface area contributed by atoms with Gasteiger partial charge in [0.1, 0.15) is 9.71 Å². The Bertz CT molecular complexity index is 599. The first-order valence-corrected chi connectivity index (χ1v) is 8.48. The number of nitrogens with one attached hydrogen (secondary N) is 1. The smallest absolute Gasteiger partial charge is 0.263 e.